The van der Waals surface area contributed by atoms with Crippen molar-refractivity contribution >= 4 is 11.3 Å². The summed E-state index contributed by atoms with van der Waals surface area (Å²) in [5.41, 5.74) is 1.16. The minimum absolute atomic E-state index is 0.895. The first-order valence-corrected chi connectivity index (χ1v) is 5.11. The highest BCUT2D eigenvalue weighted by molar-refractivity contribution is 7.11. The van der Waals surface area contributed by atoms with Gasteiger partial charge in [0, 0.05) is 17.3 Å². The molecule has 0 spiro atoms. The molecular formula is C10H12N2S. The molecule has 0 fully saturated rings. The number of aryl methyl sites for hydroxylation is 2. The minimum atomic E-state index is 0.895. The van der Waals surface area contributed by atoms with Crippen LogP contribution in [0.4, 0.5) is 0 Å². The first kappa shape index (κ1) is 8.51. The van der Waals surface area contributed by atoms with E-state index in [1.807, 2.05) is 12.1 Å². The van der Waals surface area contributed by atoms with E-state index in [4.69, 9.17) is 0 Å². The average molecular weight is 192 g/mol. The molecule has 0 atom stereocenters. The molecule has 0 unspecified atom stereocenters. The van der Waals surface area contributed by atoms with Gasteiger partial charge in [-0.2, -0.15) is 0 Å². The highest BCUT2D eigenvalue weighted by atomic mass is 32.1. The molecule has 0 saturated heterocycles. The van der Waals surface area contributed by atoms with E-state index in [0.29, 0.717) is 0 Å². The van der Waals surface area contributed by atoms with Crippen molar-refractivity contribution in [3.05, 3.63) is 40.1 Å². The summed E-state index contributed by atoms with van der Waals surface area (Å²) in [7, 11) is 0. The zero-order chi connectivity index (χ0) is 9.26. The fraction of sp³-hybridized carbons (Fsp3) is 0.300. The zero-order valence-corrected chi connectivity index (χ0v) is 8.64. The Hall–Kier alpha value is -1.09. The van der Waals surface area contributed by atoms with Crippen molar-refractivity contribution in [2.24, 2.45) is 0 Å². The van der Waals surface area contributed by atoms with Crippen LogP contribution in [-0.4, -0.2) is 9.55 Å². The Kier molecular flexibility index (Phi) is 2.19. The van der Waals surface area contributed by atoms with Gasteiger partial charge in [0.2, 0.25) is 0 Å². The largest absolute Gasteiger partial charge is 0.347 e. The van der Waals surface area contributed by atoms with Crippen molar-refractivity contribution in [2.45, 2.75) is 20.4 Å². The SMILES string of the molecule is Cc1nc(Cn2cccc2)sc1C. The smallest absolute Gasteiger partial charge is 0.113 e. The summed E-state index contributed by atoms with van der Waals surface area (Å²) in [5.74, 6) is 0. The molecule has 2 rings (SSSR count). The summed E-state index contributed by atoms with van der Waals surface area (Å²) in [6.45, 7) is 5.07. The standard InChI is InChI=1S/C10H12N2S/c1-8-9(2)13-10(11-8)7-12-5-3-4-6-12/h3-6H,7H2,1-2H3. The van der Waals surface area contributed by atoms with E-state index in [1.165, 1.54) is 9.88 Å². The van der Waals surface area contributed by atoms with Crippen LogP contribution in [0.15, 0.2) is 24.5 Å². The van der Waals surface area contributed by atoms with Crippen molar-refractivity contribution in [3.63, 3.8) is 0 Å². The van der Waals surface area contributed by atoms with Crippen molar-refractivity contribution in [3.8, 4) is 0 Å². The van der Waals surface area contributed by atoms with Crippen molar-refractivity contribution in [2.75, 3.05) is 0 Å². The molecule has 0 radical (unpaired) electrons. The molecule has 13 heavy (non-hydrogen) atoms. The molecule has 0 bridgehead atoms. The van der Waals surface area contributed by atoms with Gasteiger partial charge in [0.1, 0.15) is 5.01 Å². The zero-order valence-electron chi connectivity index (χ0n) is 7.82. The average Bonchev–Trinajstić information content (AvgIpc) is 2.64. The summed E-state index contributed by atoms with van der Waals surface area (Å²) >= 11 is 1.78. The second-order valence-electron chi connectivity index (χ2n) is 3.10. The number of hydrogen-bond acceptors (Lipinski definition) is 2. The summed E-state index contributed by atoms with van der Waals surface area (Å²) in [5, 5.41) is 1.19. The van der Waals surface area contributed by atoms with Crippen LogP contribution in [0.1, 0.15) is 15.6 Å². The Balaban J connectivity index is 2.19. The third-order valence-electron chi connectivity index (χ3n) is 2.06. The van der Waals surface area contributed by atoms with Gasteiger partial charge in [0.05, 0.1) is 12.2 Å². The fourth-order valence-electron chi connectivity index (χ4n) is 1.24. The molecule has 0 amide bonds. The maximum atomic E-state index is 4.48. The minimum Gasteiger partial charge on any atom is -0.347 e. The van der Waals surface area contributed by atoms with Gasteiger partial charge in [-0.3, -0.25) is 0 Å². The summed E-state index contributed by atoms with van der Waals surface area (Å²) < 4.78 is 2.14. The maximum absolute atomic E-state index is 4.48. The van der Waals surface area contributed by atoms with E-state index in [0.717, 1.165) is 12.2 Å². The predicted octanol–water partition coefficient (Wildman–Crippen LogP) is 2.61. The highest BCUT2D eigenvalue weighted by Crippen LogP contribution is 2.17. The Labute approximate surface area is 81.9 Å². The summed E-state index contributed by atoms with van der Waals surface area (Å²) in [6, 6.07) is 4.07. The van der Waals surface area contributed by atoms with E-state index < -0.39 is 0 Å². The van der Waals surface area contributed by atoms with Crippen LogP contribution in [0.3, 0.4) is 0 Å². The van der Waals surface area contributed by atoms with Crippen LogP contribution >= 0.6 is 11.3 Å². The van der Waals surface area contributed by atoms with Gasteiger partial charge in [0.15, 0.2) is 0 Å². The van der Waals surface area contributed by atoms with Crippen molar-refractivity contribution in [1.29, 1.82) is 0 Å². The van der Waals surface area contributed by atoms with E-state index >= 15 is 0 Å². The first-order chi connectivity index (χ1) is 6.25. The van der Waals surface area contributed by atoms with Crippen LogP contribution in [-0.2, 0) is 6.54 Å². The second-order valence-corrected chi connectivity index (χ2v) is 4.39. The molecule has 0 aliphatic rings. The molecule has 2 aromatic rings. The van der Waals surface area contributed by atoms with Crippen LogP contribution in [0.25, 0.3) is 0 Å². The summed E-state index contributed by atoms with van der Waals surface area (Å²) in [4.78, 5) is 5.80. The third-order valence-corrected chi connectivity index (χ3v) is 3.11. The second kappa shape index (κ2) is 3.34. The Morgan fingerprint density at radius 2 is 2.00 bits per heavy atom. The molecule has 0 saturated carbocycles. The molecule has 0 aromatic carbocycles. The van der Waals surface area contributed by atoms with E-state index in [1.54, 1.807) is 11.3 Å². The molecule has 2 aromatic heterocycles. The molecule has 2 heterocycles. The topological polar surface area (TPSA) is 17.8 Å². The Morgan fingerprint density at radius 1 is 1.31 bits per heavy atom. The highest BCUT2D eigenvalue weighted by Gasteiger charge is 2.02. The lowest BCUT2D eigenvalue weighted by atomic mass is 10.4. The van der Waals surface area contributed by atoms with Crippen LogP contribution in [0.2, 0.25) is 0 Å². The van der Waals surface area contributed by atoms with E-state index in [9.17, 15) is 0 Å². The maximum Gasteiger partial charge on any atom is 0.113 e. The van der Waals surface area contributed by atoms with Gasteiger partial charge < -0.3 is 4.57 Å². The van der Waals surface area contributed by atoms with Crippen LogP contribution < -0.4 is 0 Å². The molecule has 68 valence electrons. The predicted molar refractivity (Wildman–Crippen MR) is 55.1 cm³/mol. The van der Waals surface area contributed by atoms with Gasteiger partial charge in [0.25, 0.3) is 0 Å². The van der Waals surface area contributed by atoms with Gasteiger partial charge in [-0.05, 0) is 26.0 Å². The number of thiazole rings is 1. The molecule has 3 heteroatoms. The number of rotatable bonds is 2. The molecule has 0 aliphatic carbocycles. The van der Waals surface area contributed by atoms with Gasteiger partial charge in [-0.15, -0.1) is 11.3 Å². The van der Waals surface area contributed by atoms with Crippen LogP contribution in [0, 0.1) is 13.8 Å². The molecule has 0 aliphatic heterocycles. The lowest BCUT2D eigenvalue weighted by Crippen LogP contribution is -1.94. The quantitative estimate of drug-likeness (QED) is 0.715. The Morgan fingerprint density at radius 3 is 2.54 bits per heavy atom. The molecule has 0 N–H and O–H groups in total. The molecule has 2 nitrogen and oxygen atoms in total. The van der Waals surface area contributed by atoms with Crippen molar-refractivity contribution in [1.82, 2.24) is 9.55 Å². The van der Waals surface area contributed by atoms with E-state index in [2.05, 4.69) is 35.8 Å². The van der Waals surface area contributed by atoms with Gasteiger partial charge >= 0.3 is 0 Å². The lowest BCUT2D eigenvalue weighted by Gasteiger charge is -1.96. The van der Waals surface area contributed by atoms with Gasteiger partial charge in [-0.1, -0.05) is 0 Å². The van der Waals surface area contributed by atoms with E-state index in [-0.39, 0.29) is 0 Å². The fourth-order valence-corrected chi connectivity index (χ4v) is 2.18. The third kappa shape index (κ3) is 1.80. The monoisotopic (exact) mass is 192 g/mol. The number of nitrogens with zero attached hydrogens (tertiary/aromatic N) is 2. The van der Waals surface area contributed by atoms with Gasteiger partial charge in [-0.25, -0.2) is 4.98 Å². The normalized spacial score (nSPS) is 10.6. The first-order valence-electron chi connectivity index (χ1n) is 4.29. The molecular weight excluding hydrogens is 180 g/mol. The Bertz CT molecular complexity index is 367. The van der Waals surface area contributed by atoms with Crippen molar-refractivity contribution < 1.29 is 0 Å². The number of aromatic nitrogens is 2. The number of hydrogen-bond donors (Lipinski definition) is 0. The lowest BCUT2D eigenvalue weighted by molar-refractivity contribution is 0.796. The van der Waals surface area contributed by atoms with Crippen LogP contribution in [0.5, 0.6) is 0 Å². The summed E-state index contributed by atoms with van der Waals surface area (Å²) in [6.07, 6.45) is 4.12.